The van der Waals surface area contributed by atoms with E-state index in [1.807, 2.05) is 55.5 Å². The Morgan fingerprint density at radius 1 is 1.15 bits per heavy atom. The minimum atomic E-state index is -0.371. The zero-order chi connectivity index (χ0) is 19.8. The van der Waals surface area contributed by atoms with Gasteiger partial charge in [-0.3, -0.25) is 15.2 Å². The Hall–Kier alpha value is -2.38. The fourth-order valence-electron chi connectivity index (χ4n) is 2.74. The monoisotopic (exact) mass is 432 g/mol. The van der Waals surface area contributed by atoms with Crippen LogP contribution in [0.2, 0.25) is 0 Å². The van der Waals surface area contributed by atoms with Crippen molar-refractivity contribution in [3.05, 3.63) is 64.1 Å². The molecule has 2 aromatic carbocycles. The van der Waals surface area contributed by atoms with Gasteiger partial charge in [0.05, 0.1) is 25.4 Å². The van der Waals surface area contributed by atoms with E-state index >= 15 is 0 Å². The van der Waals surface area contributed by atoms with Crippen molar-refractivity contribution < 1.29 is 9.53 Å². The van der Waals surface area contributed by atoms with Gasteiger partial charge in [-0.2, -0.15) is 0 Å². The van der Waals surface area contributed by atoms with Crippen molar-refractivity contribution in [1.82, 2.24) is 4.90 Å². The lowest BCUT2D eigenvalue weighted by Gasteiger charge is -2.28. The highest BCUT2D eigenvalue weighted by atomic mass is 79.9. The summed E-state index contributed by atoms with van der Waals surface area (Å²) in [6.07, 6.45) is 0.797. The van der Waals surface area contributed by atoms with Crippen molar-refractivity contribution >= 4 is 33.6 Å². The molecule has 0 aliphatic rings. The molecular weight excluding hydrogens is 408 g/mol. The van der Waals surface area contributed by atoms with Gasteiger partial charge in [0, 0.05) is 11.5 Å². The predicted molar refractivity (Wildman–Crippen MR) is 112 cm³/mol. The van der Waals surface area contributed by atoms with Crippen LogP contribution in [0.4, 0.5) is 10.5 Å². The zero-order valence-corrected chi connectivity index (χ0v) is 17.2. The van der Waals surface area contributed by atoms with Gasteiger partial charge in [0.15, 0.2) is 5.96 Å². The van der Waals surface area contributed by atoms with E-state index in [9.17, 15) is 4.79 Å². The van der Waals surface area contributed by atoms with Gasteiger partial charge >= 0.3 is 6.03 Å². The number of aryl methyl sites for hydroxylation is 1. The van der Waals surface area contributed by atoms with Crippen molar-refractivity contribution in [3.8, 4) is 0 Å². The second-order valence-corrected chi connectivity index (χ2v) is 6.99. The average Bonchev–Trinajstić information content (AvgIpc) is 2.64. The van der Waals surface area contributed by atoms with Gasteiger partial charge in [-0.15, -0.1) is 0 Å². The smallest absolute Gasteiger partial charge is 0.331 e. The van der Waals surface area contributed by atoms with E-state index < -0.39 is 0 Å². The number of nitrogens with two attached hydrogens (primary N) is 1. The number of halogens is 1. The van der Waals surface area contributed by atoms with Gasteiger partial charge in [-0.25, -0.2) is 4.79 Å². The maximum atomic E-state index is 12.8. The Bertz CT molecular complexity index is 763. The van der Waals surface area contributed by atoms with Crippen LogP contribution in [0.3, 0.4) is 0 Å². The van der Waals surface area contributed by atoms with Gasteiger partial charge < -0.3 is 10.5 Å². The molecule has 0 spiro atoms. The highest BCUT2D eigenvalue weighted by Crippen LogP contribution is 2.29. The summed E-state index contributed by atoms with van der Waals surface area (Å²) >= 11 is 3.48. The summed E-state index contributed by atoms with van der Waals surface area (Å²) in [5.74, 6) is -0.303. The summed E-state index contributed by atoms with van der Waals surface area (Å²) in [5, 5.41) is 7.75. The lowest BCUT2D eigenvalue weighted by molar-refractivity contribution is 0.126. The molecular formula is C20H25BrN4O2. The van der Waals surface area contributed by atoms with Gasteiger partial charge in [0.25, 0.3) is 0 Å². The molecule has 0 saturated carbocycles. The van der Waals surface area contributed by atoms with E-state index in [2.05, 4.69) is 15.9 Å². The number of hydrogen-bond acceptors (Lipinski definition) is 3. The molecule has 0 unspecified atom stereocenters. The van der Waals surface area contributed by atoms with Crippen LogP contribution in [0, 0.1) is 12.3 Å². The molecule has 144 valence electrons. The minimum absolute atomic E-state index is 0.219. The molecule has 6 nitrogen and oxygen atoms in total. The largest absolute Gasteiger partial charge is 0.379 e. The van der Waals surface area contributed by atoms with Crippen LogP contribution in [0.25, 0.3) is 0 Å². The molecule has 7 heteroatoms. The number of nitrogens with one attached hydrogen (secondary N) is 1. The van der Waals surface area contributed by atoms with Crippen LogP contribution >= 0.6 is 15.9 Å². The lowest BCUT2D eigenvalue weighted by Crippen LogP contribution is -2.49. The molecule has 3 N–H and O–H groups in total. The number of hydrogen-bond donors (Lipinski definition) is 2. The van der Waals surface area contributed by atoms with Gasteiger partial charge in [-0.05, 0) is 46.5 Å². The fraction of sp³-hybridized carbons (Fsp3) is 0.300. The van der Waals surface area contributed by atoms with Crippen LogP contribution in [0.1, 0.15) is 11.1 Å². The zero-order valence-electron chi connectivity index (χ0n) is 15.6. The topological polar surface area (TPSA) is 82.7 Å². The second-order valence-electron chi connectivity index (χ2n) is 6.13. The van der Waals surface area contributed by atoms with E-state index in [0.717, 1.165) is 22.1 Å². The van der Waals surface area contributed by atoms with E-state index in [1.165, 1.54) is 15.4 Å². The van der Waals surface area contributed by atoms with Crippen molar-refractivity contribution in [2.45, 2.75) is 13.3 Å². The lowest BCUT2D eigenvalue weighted by atomic mass is 10.2. The first-order valence-electron chi connectivity index (χ1n) is 8.68. The van der Waals surface area contributed by atoms with Gasteiger partial charge in [0.1, 0.15) is 0 Å². The number of amides is 2. The quantitative estimate of drug-likeness (QED) is 0.396. The highest BCUT2D eigenvalue weighted by molar-refractivity contribution is 9.10. The van der Waals surface area contributed by atoms with Crippen LogP contribution in [-0.4, -0.2) is 43.7 Å². The molecule has 0 radical (unpaired) electrons. The van der Waals surface area contributed by atoms with Crippen LogP contribution in [-0.2, 0) is 11.2 Å². The molecule has 0 fully saturated rings. The molecule has 0 saturated heterocycles. The number of benzene rings is 2. The summed E-state index contributed by atoms with van der Waals surface area (Å²) in [5.41, 5.74) is 8.52. The number of guanidine groups is 1. The van der Waals surface area contributed by atoms with E-state index in [-0.39, 0.29) is 18.5 Å². The second kappa shape index (κ2) is 10.1. The maximum Gasteiger partial charge on any atom is 0.331 e. The predicted octanol–water partition coefficient (Wildman–Crippen LogP) is 3.77. The Labute approximate surface area is 168 Å². The first-order valence-corrected chi connectivity index (χ1v) is 9.47. The highest BCUT2D eigenvalue weighted by Gasteiger charge is 2.23. The van der Waals surface area contributed by atoms with E-state index in [1.54, 1.807) is 7.05 Å². The minimum Gasteiger partial charge on any atom is -0.379 e. The summed E-state index contributed by atoms with van der Waals surface area (Å²) < 4.78 is 6.43. The number of ether oxygens (including phenoxy) is 1. The third kappa shape index (κ3) is 5.80. The van der Waals surface area contributed by atoms with Crippen molar-refractivity contribution in [2.24, 2.45) is 5.73 Å². The van der Waals surface area contributed by atoms with Crippen molar-refractivity contribution in [1.29, 1.82) is 5.41 Å². The molecule has 0 aliphatic heterocycles. The average molecular weight is 433 g/mol. The SMILES string of the molecule is Cc1cccc(Br)c1N(C)C(=O)N(CCOCCc1ccccc1)C(=N)N. The Morgan fingerprint density at radius 2 is 1.85 bits per heavy atom. The van der Waals surface area contributed by atoms with Crippen LogP contribution in [0.15, 0.2) is 53.0 Å². The molecule has 0 aromatic heterocycles. The van der Waals surface area contributed by atoms with Crippen molar-refractivity contribution in [2.75, 3.05) is 31.7 Å². The fourth-order valence-corrected chi connectivity index (χ4v) is 3.47. The summed E-state index contributed by atoms with van der Waals surface area (Å²) in [6.45, 7) is 3.00. The Balaban J connectivity index is 1.92. The molecule has 0 aliphatic carbocycles. The number of nitrogens with zero attached hydrogens (tertiary/aromatic N) is 2. The molecule has 2 aromatic rings. The molecule has 0 heterocycles. The number of anilines is 1. The number of urea groups is 1. The molecule has 0 bridgehead atoms. The van der Waals surface area contributed by atoms with Crippen LogP contribution in [0.5, 0.6) is 0 Å². The molecule has 2 rings (SSSR count). The number of rotatable bonds is 7. The maximum absolute atomic E-state index is 12.8. The first-order chi connectivity index (χ1) is 12.9. The van der Waals surface area contributed by atoms with Crippen LogP contribution < -0.4 is 10.6 Å². The number of carbonyl (C=O) groups is 1. The van der Waals surface area contributed by atoms with Gasteiger partial charge in [-0.1, -0.05) is 42.5 Å². The third-order valence-electron chi connectivity index (χ3n) is 4.17. The third-order valence-corrected chi connectivity index (χ3v) is 4.81. The molecule has 27 heavy (non-hydrogen) atoms. The number of carbonyl (C=O) groups excluding carboxylic acids is 1. The van der Waals surface area contributed by atoms with Crippen molar-refractivity contribution in [3.63, 3.8) is 0 Å². The normalized spacial score (nSPS) is 10.5. The van der Waals surface area contributed by atoms with E-state index in [4.69, 9.17) is 15.9 Å². The number of para-hydroxylation sites is 1. The van der Waals surface area contributed by atoms with Gasteiger partial charge in [0.2, 0.25) is 0 Å². The standard InChI is InChI=1S/C20H25BrN4O2/c1-15-7-6-10-17(21)18(15)24(2)20(26)25(19(22)23)12-14-27-13-11-16-8-4-3-5-9-16/h3-10H,11-14H2,1-2H3,(H3,22,23). The Kier molecular flexibility index (Phi) is 7.82. The summed E-state index contributed by atoms with van der Waals surface area (Å²) in [6, 6.07) is 15.4. The molecule has 2 amide bonds. The van der Waals surface area contributed by atoms with E-state index in [0.29, 0.717) is 13.2 Å². The molecule has 0 atom stereocenters. The summed E-state index contributed by atoms with van der Waals surface area (Å²) in [7, 11) is 1.67. The Morgan fingerprint density at radius 3 is 2.48 bits per heavy atom. The summed E-state index contributed by atoms with van der Waals surface area (Å²) in [4.78, 5) is 15.5. The first kappa shape index (κ1) is 20.9.